The average Bonchev–Trinajstić information content (AvgIpc) is 2.64. The summed E-state index contributed by atoms with van der Waals surface area (Å²) in [5.74, 6) is 1.24. The van der Waals surface area contributed by atoms with Gasteiger partial charge in [-0.25, -0.2) is 0 Å². The highest BCUT2D eigenvalue weighted by Crippen LogP contribution is 2.44. The van der Waals surface area contributed by atoms with E-state index in [9.17, 15) is 4.79 Å². The minimum atomic E-state index is -0.0429. The molecule has 3 aliphatic rings. The Balaban J connectivity index is 1.80. The largest absolute Gasteiger partial charge is 0.497 e. The zero-order chi connectivity index (χ0) is 18.0. The molecular formula is C21H29NO3. The van der Waals surface area contributed by atoms with Gasteiger partial charge >= 0.3 is 5.97 Å². The molecule has 1 saturated heterocycles. The first-order chi connectivity index (χ1) is 12.1. The van der Waals surface area contributed by atoms with Crippen molar-refractivity contribution >= 4 is 5.97 Å². The van der Waals surface area contributed by atoms with Crippen LogP contribution in [0.1, 0.15) is 32.3 Å². The van der Waals surface area contributed by atoms with Crippen LogP contribution in [0.4, 0.5) is 0 Å². The summed E-state index contributed by atoms with van der Waals surface area (Å²) in [6.07, 6.45) is 5.28. The van der Waals surface area contributed by atoms with Crippen molar-refractivity contribution in [3.8, 4) is 5.75 Å². The van der Waals surface area contributed by atoms with Crippen molar-refractivity contribution in [2.45, 2.75) is 45.2 Å². The molecule has 0 saturated carbocycles. The van der Waals surface area contributed by atoms with E-state index in [4.69, 9.17) is 9.47 Å². The van der Waals surface area contributed by atoms with Gasteiger partial charge in [-0.1, -0.05) is 30.7 Å². The van der Waals surface area contributed by atoms with Crippen LogP contribution >= 0.6 is 0 Å². The fourth-order valence-corrected chi connectivity index (χ4v) is 4.49. The van der Waals surface area contributed by atoms with Gasteiger partial charge in [0.1, 0.15) is 5.75 Å². The van der Waals surface area contributed by atoms with Gasteiger partial charge in [-0.3, -0.25) is 9.69 Å². The maximum absolute atomic E-state index is 12.4. The van der Waals surface area contributed by atoms with E-state index < -0.39 is 0 Å². The van der Waals surface area contributed by atoms with Crippen LogP contribution in [0, 0.1) is 11.8 Å². The molecule has 1 aromatic carbocycles. The number of ether oxygens (including phenoxy) is 2. The molecule has 1 aliphatic carbocycles. The molecule has 2 aliphatic heterocycles. The first-order valence-corrected chi connectivity index (χ1v) is 9.31. The van der Waals surface area contributed by atoms with Crippen LogP contribution in [0.5, 0.6) is 5.75 Å². The molecule has 0 N–H and O–H groups in total. The van der Waals surface area contributed by atoms with E-state index in [-0.39, 0.29) is 17.9 Å². The quantitative estimate of drug-likeness (QED) is 0.586. The Labute approximate surface area is 150 Å². The van der Waals surface area contributed by atoms with Crippen molar-refractivity contribution in [2.75, 3.05) is 20.8 Å². The van der Waals surface area contributed by atoms with Crippen LogP contribution in [0.3, 0.4) is 0 Å². The molecule has 4 rings (SSSR count). The summed E-state index contributed by atoms with van der Waals surface area (Å²) in [4.78, 5) is 14.8. The molecule has 0 radical (unpaired) electrons. The predicted octanol–water partition coefficient (Wildman–Crippen LogP) is 3.46. The lowest BCUT2D eigenvalue weighted by atomic mass is 9.67. The van der Waals surface area contributed by atoms with Gasteiger partial charge < -0.3 is 9.47 Å². The summed E-state index contributed by atoms with van der Waals surface area (Å²) in [7, 11) is 3.84. The number of methoxy groups -OCH3 is 1. The number of esters is 1. The zero-order valence-corrected chi connectivity index (χ0v) is 15.7. The lowest BCUT2D eigenvalue weighted by Crippen LogP contribution is -2.58. The molecule has 2 heterocycles. The number of nitrogens with zero attached hydrogens (tertiary/aromatic N) is 1. The molecule has 0 spiro atoms. The van der Waals surface area contributed by atoms with Gasteiger partial charge in [0.15, 0.2) is 0 Å². The third-order valence-electron chi connectivity index (χ3n) is 5.84. The molecule has 4 unspecified atom stereocenters. The number of likely N-dealkylation sites (N-methyl/N-ethyl adjacent to an activating group) is 1. The first-order valence-electron chi connectivity index (χ1n) is 9.31. The lowest BCUT2D eigenvalue weighted by molar-refractivity contribution is -0.153. The van der Waals surface area contributed by atoms with Crippen LogP contribution in [0.15, 0.2) is 35.9 Å². The second kappa shape index (κ2) is 7.61. The van der Waals surface area contributed by atoms with Crippen molar-refractivity contribution in [3.05, 3.63) is 41.5 Å². The molecule has 4 heteroatoms. The highest BCUT2D eigenvalue weighted by atomic mass is 16.5. The summed E-state index contributed by atoms with van der Waals surface area (Å²) in [6, 6.07) is 8.93. The average molecular weight is 343 g/mol. The number of carbonyl (C=O) groups excluding carboxylic acids is 1. The maximum Gasteiger partial charge on any atom is 0.310 e. The minimum absolute atomic E-state index is 0.0302. The predicted molar refractivity (Wildman–Crippen MR) is 98.6 cm³/mol. The molecule has 1 aromatic rings. The number of hydrogen-bond acceptors (Lipinski definition) is 4. The third-order valence-corrected chi connectivity index (χ3v) is 5.84. The molecule has 4 nitrogen and oxygen atoms in total. The van der Waals surface area contributed by atoms with E-state index in [1.807, 2.05) is 19.1 Å². The van der Waals surface area contributed by atoms with Crippen LogP contribution in [0.2, 0.25) is 0 Å². The van der Waals surface area contributed by atoms with Crippen molar-refractivity contribution in [1.29, 1.82) is 0 Å². The van der Waals surface area contributed by atoms with E-state index in [0.717, 1.165) is 25.0 Å². The van der Waals surface area contributed by atoms with Gasteiger partial charge in [-0.2, -0.15) is 0 Å². The summed E-state index contributed by atoms with van der Waals surface area (Å²) < 4.78 is 10.6. The van der Waals surface area contributed by atoms with Crippen molar-refractivity contribution < 1.29 is 14.3 Å². The van der Waals surface area contributed by atoms with Gasteiger partial charge in [0.05, 0.1) is 19.6 Å². The van der Waals surface area contributed by atoms with Crippen molar-refractivity contribution in [3.63, 3.8) is 0 Å². The third kappa shape index (κ3) is 3.45. The van der Waals surface area contributed by atoms with Gasteiger partial charge in [0.25, 0.3) is 0 Å². The maximum atomic E-state index is 12.4. The second-order valence-corrected chi connectivity index (χ2v) is 7.07. The summed E-state index contributed by atoms with van der Waals surface area (Å²) in [5, 5.41) is 0. The first kappa shape index (κ1) is 18.0. The van der Waals surface area contributed by atoms with Gasteiger partial charge in [-0.05, 0) is 56.8 Å². The molecule has 136 valence electrons. The highest BCUT2D eigenvalue weighted by molar-refractivity contribution is 5.74. The van der Waals surface area contributed by atoms with Crippen molar-refractivity contribution in [2.24, 2.45) is 11.8 Å². The van der Waals surface area contributed by atoms with Crippen LogP contribution in [-0.4, -0.2) is 43.7 Å². The van der Waals surface area contributed by atoms with E-state index in [1.54, 1.807) is 7.11 Å². The molecule has 1 fully saturated rings. The number of carbonyl (C=O) groups is 1. The normalized spacial score (nSPS) is 28.6. The second-order valence-electron chi connectivity index (χ2n) is 7.07. The standard InChI is InChI=1S/C21H29NO3/c1-5-15-12-20-18(21(23)25-6-2)13-17(15)19(22(20)3)11-14-7-9-16(24-4)10-8-14/h7-10,12,17-20H,5-6,11,13H2,1-4H3. The molecule has 2 bridgehead atoms. The van der Waals surface area contributed by atoms with Crippen LogP contribution in [0.25, 0.3) is 0 Å². The van der Waals surface area contributed by atoms with Gasteiger partial charge in [0.2, 0.25) is 0 Å². The molecule has 25 heavy (non-hydrogen) atoms. The Hall–Kier alpha value is -1.81. The fraction of sp³-hybridized carbons (Fsp3) is 0.571. The lowest BCUT2D eigenvalue weighted by Gasteiger charge is -2.52. The summed E-state index contributed by atoms with van der Waals surface area (Å²) >= 11 is 0. The summed E-state index contributed by atoms with van der Waals surface area (Å²) in [5.41, 5.74) is 2.82. The number of benzene rings is 1. The number of fused-ring (bicyclic) bond motifs is 2. The summed E-state index contributed by atoms with van der Waals surface area (Å²) in [6.45, 7) is 4.55. The van der Waals surface area contributed by atoms with E-state index >= 15 is 0 Å². The molecule has 0 amide bonds. The van der Waals surface area contributed by atoms with E-state index in [1.165, 1.54) is 11.1 Å². The molecule has 0 aromatic heterocycles. The number of rotatable bonds is 6. The number of piperidine rings is 1. The van der Waals surface area contributed by atoms with Gasteiger partial charge in [-0.15, -0.1) is 0 Å². The van der Waals surface area contributed by atoms with E-state index in [0.29, 0.717) is 18.6 Å². The minimum Gasteiger partial charge on any atom is -0.497 e. The smallest absolute Gasteiger partial charge is 0.310 e. The Morgan fingerprint density at radius 3 is 2.56 bits per heavy atom. The van der Waals surface area contributed by atoms with Gasteiger partial charge in [0, 0.05) is 12.1 Å². The van der Waals surface area contributed by atoms with E-state index in [2.05, 4.69) is 37.1 Å². The monoisotopic (exact) mass is 343 g/mol. The fourth-order valence-electron chi connectivity index (χ4n) is 4.49. The number of hydrogen-bond donors (Lipinski definition) is 0. The Bertz CT molecular complexity index is 637. The Kier molecular flexibility index (Phi) is 5.48. The SMILES string of the molecule is CCOC(=O)C1CC2C(CC)=CC1N(C)C2Cc1ccc(OC)cc1. The molecular weight excluding hydrogens is 314 g/mol. The Morgan fingerprint density at radius 1 is 1.24 bits per heavy atom. The van der Waals surface area contributed by atoms with Crippen LogP contribution < -0.4 is 4.74 Å². The Morgan fingerprint density at radius 2 is 1.96 bits per heavy atom. The zero-order valence-electron chi connectivity index (χ0n) is 15.7. The van der Waals surface area contributed by atoms with Crippen molar-refractivity contribution in [1.82, 2.24) is 4.90 Å². The van der Waals surface area contributed by atoms with Crippen LogP contribution in [-0.2, 0) is 16.0 Å². The molecule has 4 atom stereocenters. The highest BCUT2D eigenvalue weighted by Gasteiger charge is 2.48. The topological polar surface area (TPSA) is 38.8 Å².